The second-order valence-electron chi connectivity index (χ2n) is 6.19. The fourth-order valence-corrected chi connectivity index (χ4v) is 2.47. The predicted octanol–water partition coefficient (Wildman–Crippen LogP) is 2.60. The highest BCUT2D eigenvalue weighted by molar-refractivity contribution is 5.79. The van der Waals surface area contributed by atoms with Gasteiger partial charge in [-0.2, -0.15) is 0 Å². The molecule has 0 saturated carbocycles. The molecule has 0 radical (unpaired) electrons. The van der Waals surface area contributed by atoms with E-state index >= 15 is 0 Å². The van der Waals surface area contributed by atoms with Gasteiger partial charge in [0.2, 0.25) is 11.7 Å². The first-order chi connectivity index (χ1) is 11.5. The number of nitrogens with zero attached hydrogens (tertiary/aromatic N) is 6. The van der Waals surface area contributed by atoms with E-state index in [0.717, 1.165) is 16.6 Å². The molecule has 0 aromatic carbocycles. The third-order valence-corrected chi connectivity index (χ3v) is 3.64. The summed E-state index contributed by atoms with van der Waals surface area (Å²) < 4.78 is 17.2. The van der Waals surface area contributed by atoms with Gasteiger partial charge in [-0.15, -0.1) is 5.10 Å². The smallest absolute Gasteiger partial charge is 0.241 e. The molecule has 8 heteroatoms. The molecular weight excluding hydrogens is 309 g/mol. The zero-order valence-corrected chi connectivity index (χ0v) is 13.3. The summed E-state index contributed by atoms with van der Waals surface area (Å²) >= 11 is 0. The Bertz CT molecular complexity index is 1010. The van der Waals surface area contributed by atoms with Gasteiger partial charge < -0.3 is 5.32 Å². The lowest BCUT2D eigenvalue weighted by atomic mass is 10.1. The molecule has 4 aromatic rings. The minimum atomic E-state index is -1.33. The van der Waals surface area contributed by atoms with Crippen molar-refractivity contribution in [3.63, 3.8) is 0 Å². The van der Waals surface area contributed by atoms with Crippen molar-refractivity contribution >= 4 is 17.2 Å². The van der Waals surface area contributed by atoms with Crippen LogP contribution in [0, 0.1) is 0 Å². The molecule has 0 saturated heterocycles. The summed E-state index contributed by atoms with van der Waals surface area (Å²) in [5, 5.41) is 7.27. The zero-order valence-electron chi connectivity index (χ0n) is 13.3. The molecule has 0 spiro atoms. The maximum absolute atomic E-state index is 13.6. The molecular formula is C16H16FN7. The summed E-state index contributed by atoms with van der Waals surface area (Å²) in [4.78, 5) is 12.7. The Kier molecular flexibility index (Phi) is 3.19. The molecule has 0 bridgehead atoms. The summed E-state index contributed by atoms with van der Waals surface area (Å²) in [6.07, 6.45) is 10.8. The standard InChI is InChI=1S/C16H16FN7/c1-16(2,17)10-21-14-19-8-13-12(3-5-24(13)22-14)11-7-20-15-18-4-6-23(15)9-11/h3-9H,10H2,1-2H3,(H,21,22). The van der Waals surface area contributed by atoms with Crippen molar-refractivity contribution in [1.82, 2.24) is 29.0 Å². The SMILES string of the molecule is CC(C)(F)CNc1ncc2c(-c3cnc4nccn4c3)ccn2n1. The average molecular weight is 325 g/mol. The lowest BCUT2D eigenvalue weighted by Crippen LogP contribution is -2.25. The first-order valence-corrected chi connectivity index (χ1v) is 7.56. The van der Waals surface area contributed by atoms with E-state index in [2.05, 4.69) is 25.4 Å². The number of imidazole rings is 1. The van der Waals surface area contributed by atoms with Gasteiger partial charge in [-0.25, -0.2) is 23.9 Å². The van der Waals surface area contributed by atoms with Gasteiger partial charge in [0, 0.05) is 42.1 Å². The second kappa shape index (κ2) is 5.26. The average Bonchev–Trinajstić information content (AvgIpc) is 3.17. The first kappa shape index (κ1) is 14.6. The van der Waals surface area contributed by atoms with E-state index < -0.39 is 5.67 Å². The van der Waals surface area contributed by atoms with Gasteiger partial charge in [-0.1, -0.05) is 0 Å². The Balaban J connectivity index is 1.69. The molecule has 0 atom stereocenters. The van der Waals surface area contributed by atoms with Gasteiger partial charge >= 0.3 is 0 Å². The van der Waals surface area contributed by atoms with Gasteiger partial charge in [0.15, 0.2) is 0 Å². The van der Waals surface area contributed by atoms with Gasteiger partial charge in [0.25, 0.3) is 0 Å². The van der Waals surface area contributed by atoms with Crippen LogP contribution in [0.5, 0.6) is 0 Å². The molecule has 0 aliphatic heterocycles. The predicted molar refractivity (Wildman–Crippen MR) is 88.6 cm³/mol. The maximum atomic E-state index is 13.6. The Morgan fingerprint density at radius 3 is 2.88 bits per heavy atom. The number of rotatable bonds is 4. The van der Waals surface area contributed by atoms with E-state index in [1.807, 2.05) is 29.1 Å². The first-order valence-electron chi connectivity index (χ1n) is 7.56. The molecule has 4 aromatic heterocycles. The van der Waals surface area contributed by atoms with Crippen LogP contribution in [0.25, 0.3) is 22.4 Å². The number of anilines is 1. The van der Waals surface area contributed by atoms with E-state index in [1.165, 1.54) is 13.8 Å². The fraction of sp³-hybridized carbons (Fsp3) is 0.250. The van der Waals surface area contributed by atoms with Gasteiger partial charge in [0.05, 0.1) is 18.3 Å². The van der Waals surface area contributed by atoms with Crippen LogP contribution in [0.3, 0.4) is 0 Å². The van der Waals surface area contributed by atoms with E-state index in [9.17, 15) is 4.39 Å². The summed E-state index contributed by atoms with van der Waals surface area (Å²) in [5.74, 6) is 1.04. The van der Waals surface area contributed by atoms with Crippen molar-refractivity contribution < 1.29 is 4.39 Å². The number of fused-ring (bicyclic) bond motifs is 2. The maximum Gasteiger partial charge on any atom is 0.241 e. The summed E-state index contributed by atoms with van der Waals surface area (Å²) in [7, 11) is 0. The molecule has 0 aliphatic carbocycles. The summed E-state index contributed by atoms with van der Waals surface area (Å²) in [6.45, 7) is 3.16. The number of hydrogen-bond donors (Lipinski definition) is 1. The van der Waals surface area contributed by atoms with E-state index in [-0.39, 0.29) is 6.54 Å². The largest absolute Gasteiger partial charge is 0.350 e. The summed E-state index contributed by atoms with van der Waals surface area (Å²) in [5.41, 5.74) is 1.43. The number of aromatic nitrogens is 6. The lowest BCUT2D eigenvalue weighted by Gasteiger charge is -2.14. The second-order valence-corrected chi connectivity index (χ2v) is 6.19. The molecule has 4 heterocycles. The van der Waals surface area contributed by atoms with Crippen LogP contribution in [0.2, 0.25) is 0 Å². The van der Waals surface area contributed by atoms with Crippen LogP contribution in [0.1, 0.15) is 13.8 Å². The highest BCUT2D eigenvalue weighted by Gasteiger charge is 2.16. The number of halogens is 1. The molecule has 0 fully saturated rings. The number of nitrogens with one attached hydrogen (secondary N) is 1. The van der Waals surface area contributed by atoms with Crippen LogP contribution in [0.4, 0.5) is 10.3 Å². The van der Waals surface area contributed by atoms with Crippen LogP contribution in [-0.4, -0.2) is 41.2 Å². The zero-order chi connectivity index (χ0) is 16.7. The lowest BCUT2D eigenvalue weighted by molar-refractivity contribution is 0.234. The molecule has 24 heavy (non-hydrogen) atoms. The van der Waals surface area contributed by atoms with Gasteiger partial charge in [0.1, 0.15) is 5.67 Å². The summed E-state index contributed by atoms with van der Waals surface area (Å²) in [6, 6.07) is 1.95. The van der Waals surface area contributed by atoms with Crippen molar-refractivity contribution in [3.05, 3.63) is 43.2 Å². The van der Waals surface area contributed by atoms with Crippen LogP contribution < -0.4 is 5.32 Å². The van der Waals surface area contributed by atoms with E-state index in [1.54, 1.807) is 23.1 Å². The molecule has 0 amide bonds. The minimum absolute atomic E-state index is 0.147. The van der Waals surface area contributed by atoms with E-state index in [0.29, 0.717) is 11.7 Å². The van der Waals surface area contributed by atoms with Crippen molar-refractivity contribution in [2.24, 2.45) is 0 Å². The number of alkyl halides is 1. The highest BCUT2D eigenvalue weighted by atomic mass is 19.1. The molecule has 0 unspecified atom stereocenters. The Morgan fingerprint density at radius 1 is 1.17 bits per heavy atom. The van der Waals surface area contributed by atoms with Crippen molar-refractivity contribution in [3.8, 4) is 11.1 Å². The molecule has 7 nitrogen and oxygen atoms in total. The van der Waals surface area contributed by atoms with Crippen molar-refractivity contribution in [2.45, 2.75) is 19.5 Å². The van der Waals surface area contributed by atoms with Crippen molar-refractivity contribution in [1.29, 1.82) is 0 Å². The van der Waals surface area contributed by atoms with Gasteiger partial charge in [-0.3, -0.25) is 4.40 Å². The quantitative estimate of drug-likeness (QED) is 0.624. The van der Waals surface area contributed by atoms with Crippen molar-refractivity contribution in [2.75, 3.05) is 11.9 Å². The Labute approximate surface area is 137 Å². The third-order valence-electron chi connectivity index (χ3n) is 3.64. The van der Waals surface area contributed by atoms with E-state index in [4.69, 9.17) is 0 Å². The molecule has 0 aliphatic rings. The highest BCUT2D eigenvalue weighted by Crippen LogP contribution is 2.24. The monoisotopic (exact) mass is 325 g/mol. The van der Waals surface area contributed by atoms with Crippen LogP contribution in [-0.2, 0) is 0 Å². The van der Waals surface area contributed by atoms with Crippen LogP contribution >= 0.6 is 0 Å². The normalized spacial score (nSPS) is 12.1. The fourth-order valence-electron chi connectivity index (χ4n) is 2.47. The Hall–Kier alpha value is -3.03. The topological polar surface area (TPSA) is 72.4 Å². The van der Waals surface area contributed by atoms with Crippen LogP contribution in [0.15, 0.2) is 43.2 Å². The molecule has 1 N–H and O–H groups in total. The minimum Gasteiger partial charge on any atom is -0.350 e. The molecule has 122 valence electrons. The molecule has 4 rings (SSSR count). The Morgan fingerprint density at radius 2 is 2.04 bits per heavy atom. The third kappa shape index (κ3) is 2.66. The number of hydrogen-bond acceptors (Lipinski definition) is 5. The van der Waals surface area contributed by atoms with Gasteiger partial charge in [-0.05, 0) is 19.9 Å².